The molecule has 0 saturated carbocycles. The van der Waals surface area contributed by atoms with Crippen molar-refractivity contribution in [3.8, 4) is 11.3 Å². The van der Waals surface area contributed by atoms with Crippen molar-refractivity contribution in [2.45, 2.75) is 13.8 Å². The van der Waals surface area contributed by atoms with Crippen LogP contribution in [0, 0.1) is 0 Å². The molecule has 6 nitrogen and oxygen atoms in total. The van der Waals surface area contributed by atoms with Crippen LogP contribution in [-0.2, 0) is 9.53 Å². The zero-order valence-corrected chi connectivity index (χ0v) is 16.7. The van der Waals surface area contributed by atoms with E-state index < -0.39 is 0 Å². The van der Waals surface area contributed by atoms with Crippen LogP contribution in [0.2, 0.25) is 0 Å². The number of carbonyl (C=O) groups excluding carboxylic acids is 3. The molecule has 1 N–H and O–H groups in total. The molecule has 0 atom stereocenters. The molecule has 0 aliphatic rings. The summed E-state index contributed by atoms with van der Waals surface area (Å²) in [6.45, 7) is 3.49. The zero-order chi connectivity index (χ0) is 21.5. The smallest absolute Gasteiger partial charge is 0.338 e. The van der Waals surface area contributed by atoms with E-state index in [0.717, 1.165) is 5.56 Å². The van der Waals surface area contributed by atoms with Gasteiger partial charge in [0.05, 0.1) is 12.2 Å². The molecule has 2 aromatic carbocycles. The molecule has 0 radical (unpaired) electrons. The highest BCUT2D eigenvalue weighted by Crippen LogP contribution is 2.23. The first-order valence-corrected chi connectivity index (χ1v) is 9.43. The minimum atomic E-state index is -0.367. The normalized spacial score (nSPS) is 10.7. The van der Waals surface area contributed by atoms with Gasteiger partial charge in [0.1, 0.15) is 11.5 Å². The van der Waals surface area contributed by atoms with Crippen molar-refractivity contribution in [2.24, 2.45) is 0 Å². The number of ketones is 1. The number of hydrogen-bond donors (Lipinski definition) is 1. The maximum absolute atomic E-state index is 12.4. The van der Waals surface area contributed by atoms with Crippen molar-refractivity contribution in [2.75, 3.05) is 11.9 Å². The predicted octanol–water partition coefficient (Wildman–Crippen LogP) is 4.98. The van der Waals surface area contributed by atoms with E-state index in [4.69, 9.17) is 9.15 Å². The van der Waals surface area contributed by atoms with E-state index in [2.05, 4.69) is 5.32 Å². The van der Waals surface area contributed by atoms with Crippen LogP contribution in [-0.4, -0.2) is 24.3 Å². The summed E-state index contributed by atoms with van der Waals surface area (Å²) >= 11 is 0. The summed E-state index contributed by atoms with van der Waals surface area (Å²) in [6, 6.07) is 17.2. The molecule has 0 aliphatic carbocycles. The second kappa shape index (κ2) is 9.52. The number of carbonyl (C=O) groups is 3. The van der Waals surface area contributed by atoms with Crippen LogP contribution in [0.4, 0.5) is 5.69 Å². The Kier molecular flexibility index (Phi) is 6.60. The van der Waals surface area contributed by atoms with Crippen molar-refractivity contribution < 1.29 is 23.5 Å². The first-order valence-electron chi connectivity index (χ1n) is 9.43. The number of anilines is 1. The number of rotatable bonds is 7. The molecule has 0 unspecified atom stereocenters. The van der Waals surface area contributed by atoms with Crippen LogP contribution in [0.15, 0.2) is 71.2 Å². The molecule has 0 aliphatic heterocycles. The van der Waals surface area contributed by atoms with Gasteiger partial charge in [-0.3, -0.25) is 9.59 Å². The molecule has 6 heteroatoms. The van der Waals surface area contributed by atoms with E-state index >= 15 is 0 Å². The minimum Gasteiger partial charge on any atom is -0.462 e. The lowest BCUT2D eigenvalue weighted by molar-refractivity contribution is -0.114. The number of esters is 1. The largest absolute Gasteiger partial charge is 0.462 e. The third-order valence-corrected chi connectivity index (χ3v) is 4.17. The van der Waals surface area contributed by atoms with Crippen molar-refractivity contribution in [3.63, 3.8) is 0 Å². The molecule has 3 aromatic rings. The van der Waals surface area contributed by atoms with Gasteiger partial charge in [0, 0.05) is 23.7 Å². The van der Waals surface area contributed by atoms with Crippen molar-refractivity contribution >= 4 is 29.4 Å². The predicted molar refractivity (Wildman–Crippen MR) is 114 cm³/mol. The first-order chi connectivity index (χ1) is 14.5. The molecular formula is C24H21NO5. The highest BCUT2D eigenvalue weighted by Gasteiger charge is 2.09. The van der Waals surface area contributed by atoms with Gasteiger partial charge in [-0.05, 0) is 55.5 Å². The average molecular weight is 403 g/mol. The number of ether oxygens (including phenoxy) is 1. The Bertz CT molecular complexity index is 1090. The van der Waals surface area contributed by atoms with Gasteiger partial charge in [-0.15, -0.1) is 0 Å². The third kappa shape index (κ3) is 5.32. The molecule has 152 valence electrons. The fraction of sp³-hybridized carbons (Fsp3) is 0.125. The maximum atomic E-state index is 12.4. The monoisotopic (exact) mass is 403 g/mol. The highest BCUT2D eigenvalue weighted by molar-refractivity contribution is 6.07. The van der Waals surface area contributed by atoms with E-state index in [-0.39, 0.29) is 17.7 Å². The highest BCUT2D eigenvalue weighted by atomic mass is 16.5. The molecule has 1 aromatic heterocycles. The number of benzene rings is 2. The number of allylic oxidation sites excluding steroid dienone is 1. The zero-order valence-electron chi connectivity index (χ0n) is 16.7. The van der Waals surface area contributed by atoms with E-state index in [9.17, 15) is 14.4 Å². The van der Waals surface area contributed by atoms with E-state index in [1.54, 1.807) is 73.7 Å². The Morgan fingerprint density at radius 3 is 2.47 bits per heavy atom. The van der Waals surface area contributed by atoms with Gasteiger partial charge in [0.25, 0.3) is 0 Å². The Hall–Kier alpha value is -3.93. The average Bonchev–Trinajstić information content (AvgIpc) is 3.21. The van der Waals surface area contributed by atoms with Crippen molar-refractivity contribution in [3.05, 3.63) is 83.6 Å². The molecule has 0 saturated heterocycles. The summed E-state index contributed by atoms with van der Waals surface area (Å²) < 4.78 is 10.7. The Balaban J connectivity index is 1.69. The molecule has 0 fully saturated rings. The number of hydrogen-bond acceptors (Lipinski definition) is 5. The molecule has 30 heavy (non-hydrogen) atoms. The second-order valence-corrected chi connectivity index (χ2v) is 6.46. The van der Waals surface area contributed by atoms with Gasteiger partial charge >= 0.3 is 5.97 Å². The minimum absolute atomic E-state index is 0.200. The number of amides is 1. The van der Waals surface area contributed by atoms with Gasteiger partial charge in [-0.2, -0.15) is 0 Å². The van der Waals surface area contributed by atoms with Crippen LogP contribution in [0.1, 0.15) is 40.3 Å². The Morgan fingerprint density at radius 2 is 1.77 bits per heavy atom. The molecule has 1 amide bonds. The molecule has 0 bridgehead atoms. The molecular weight excluding hydrogens is 382 g/mol. The first kappa shape index (κ1) is 20.8. The van der Waals surface area contributed by atoms with Crippen molar-refractivity contribution in [1.29, 1.82) is 0 Å². The SMILES string of the molecule is CCOC(=O)c1ccc(-c2ccc(C=CC(=O)c3cccc(NC(C)=O)c3)o2)cc1. The second-order valence-electron chi connectivity index (χ2n) is 6.46. The van der Waals surface area contributed by atoms with Crippen molar-refractivity contribution in [1.82, 2.24) is 0 Å². The molecule has 3 rings (SSSR count). The third-order valence-electron chi connectivity index (χ3n) is 4.17. The Labute approximate surface area is 174 Å². The fourth-order valence-electron chi connectivity index (χ4n) is 2.79. The van der Waals surface area contributed by atoms with E-state index in [1.165, 1.54) is 13.0 Å². The number of furan rings is 1. The summed E-state index contributed by atoms with van der Waals surface area (Å²) in [4.78, 5) is 35.3. The summed E-state index contributed by atoms with van der Waals surface area (Å²) in [5.74, 6) is 0.358. The maximum Gasteiger partial charge on any atom is 0.338 e. The lowest BCUT2D eigenvalue weighted by Crippen LogP contribution is -2.06. The van der Waals surface area contributed by atoms with Gasteiger partial charge in [0.15, 0.2) is 5.78 Å². The topological polar surface area (TPSA) is 85.6 Å². The van der Waals surface area contributed by atoms with Crippen LogP contribution in [0.3, 0.4) is 0 Å². The van der Waals surface area contributed by atoms with Gasteiger partial charge in [-0.1, -0.05) is 24.3 Å². The van der Waals surface area contributed by atoms with Gasteiger partial charge in [0.2, 0.25) is 5.91 Å². The van der Waals surface area contributed by atoms with E-state index in [1.807, 2.05) is 0 Å². The van der Waals surface area contributed by atoms with Crippen LogP contribution in [0.5, 0.6) is 0 Å². The van der Waals surface area contributed by atoms with Gasteiger partial charge in [-0.25, -0.2) is 4.79 Å². The quantitative estimate of drug-likeness (QED) is 0.342. The summed E-state index contributed by atoms with van der Waals surface area (Å²) in [6.07, 6.45) is 3.00. The fourth-order valence-corrected chi connectivity index (χ4v) is 2.79. The standard InChI is InChI=1S/C24H21NO5/c1-3-29-24(28)18-9-7-17(8-10-18)23-14-12-21(30-23)11-13-22(27)19-5-4-6-20(15-19)25-16(2)26/h4-15H,3H2,1-2H3,(H,25,26). The van der Waals surface area contributed by atoms with E-state index in [0.29, 0.717) is 34.9 Å². The summed E-state index contributed by atoms with van der Waals surface area (Å²) in [5, 5.41) is 2.65. The Morgan fingerprint density at radius 1 is 1.00 bits per heavy atom. The molecule has 0 spiro atoms. The lowest BCUT2D eigenvalue weighted by atomic mass is 10.1. The summed E-state index contributed by atoms with van der Waals surface area (Å²) in [7, 11) is 0. The van der Waals surface area contributed by atoms with Gasteiger partial charge < -0.3 is 14.5 Å². The van der Waals surface area contributed by atoms with Crippen LogP contribution in [0.25, 0.3) is 17.4 Å². The van der Waals surface area contributed by atoms with Crippen LogP contribution < -0.4 is 5.32 Å². The molecule has 1 heterocycles. The number of nitrogens with one attached hydrogen (secondary N) is 1. The lowest BCUT2D eigenvalue weighted by Gasteiger charge is -2.03. The van der Waals surface area contributed by atoms with Crippen LogP contribution >= 0.6 is 0 Å². The summed E-state index contributed by atoms with van der Waals surface area (Å²) in [5.41, 5.74) is 2.29.